The van der Waals surface area contributed by atoms with Crippen molar-refractivity contribution in [3.8, 4) is 0 Å². The van der Waals surface area contributed by atoms with Crippen LogP contribution in [0.4, 0.5) is 0 Å². The van der Waals surface area contributed by atoms with Crippen LogP contribution < -0.4 is 4.72 Å². The first-order valence-electron chi connectivity index (χ1n) is 6.20. The van der Waals surface area contributed by atoms with Crippen molar-refractivity contribution in [2.45, 2.75) is 30.6 Å². The van der Waals surface area contributed by atoms with Crippen LogP contribution in [0.1, 0.15) is 25.7 Å². The Balaban J connectivity index is 2.07. The molecule has 1 aliphatic carbocycles. The van der Waals surface area contributed by atoms with Crippen molar-refractivity contribution in [1.29, 1.82) is 0 Å². The molecule has 0 unspecified atom stereocenters. The number of nitrogens with zero attached hydrogens (tertiary/aromatic N) is 1. The molecule has 1 aromatic rings. The summed E-state index contributed by atoms with van der Waals surface area (Å²) in [4.78, 5) is 3.85. The molecule has 1 aromatic heterocycles. The number of hydrogen-bond acceptors (Lipinski definition) is 4. The molecule has 1 saturated carbocycles. The van der Waals surface area contributed by atoms with E-state index in [1.54, 1.807) is 0 Å². The van der Waals surface area contributed by atoms with Gasteiger partial charge in [-0.1, -0.05) is 24.4 Å². The third-order valence-corrected chi connectivity index (χ3v) is 5.26. The maximum Gasteiger partial charge on any atom is 0.242 e. The highest BCUT2D eigenvalue weighted by Crippen LogP contribution is 2.37. The van der Waals surface area contributed by atoms with Gasteiger partial charge in [0.25, 0.3) is 0 Å². The van der Waals surface area contributed by atoms with Crippen LogP contribution in [0.2, 0.25) is 5.15 Å². The summed E-state index contributed by atoms with van der Waals surface area (Å²) in [5.74, 6) is 0. The summed E-state index contributed by atoms with van der Waals surface area (Å²) < 4.78 is 26.7. The van der Waals surface area contributed by atoms with E-state index in [4.69, 9.17) is 11.6 Å². The molecule has 0 atom stereocenters. The third-order valence-electron chi connectivity index (χ3n) is 3.65. The minimum atomic E-state index is -3.59. The van der Waals surface area contributed by atoms with E-state index in [0.717, 1.165) is 25.7 Å². The average molecular weight is 305 g/mol. The van der Waals surface area contributed by atoms with Crippen molar-refractivity contribution >= 4 is 21.6 Å². The van der Waals surface area contributed by atoms with Gasteiger partial charge in [0, 0.05) is 24.8 Å². The minimum Gasteiger partial charge on any atom is -0.396 e. The minimum absolute atomic E-state index is 0.00832. The van der Waals surface area contributed by atoms with Crippen LogP contribution in [0.3, 0.4) is 0 Å². The molecule has 0 radical (unpaired) electrons. The zero-order valence-electron chi connectivity index (χ0n) is 10.5. The number of sulfonamides is 1. The first-order chi connectivity index (χ1) is 8.97. The van der Waals surface area contributed by atoms with E-state index >= 15 is 0 Å². The highest BCUT2D eigenvalue weighted by molar-refractivity contribution is 7.89. The largest absolute Gasteiger partial charge is 0.396 e. The number of aromatic nitrogens is 1. The second-order valence-electron chi connectivity index (χ2n) is 5.01. The number of halogens is 1. The van der Waals surface area contributed by atoms with Gasteiger partial charge in [0.15, 0.2) is 0 Å². The second kappa shape index (κ2) is 5.75. The van der Waals surface area contributed by atoms with E-state index in [1.165, 1.54) is 18.3 Å². The summed E-state index contributed by atoms with van der Waals surface area (Å²) in [6.45, 7) is 0.267. The van der Waals surface area contributed by atoms with E-state index in [2.05, 4.69) is 9.71 Å². The molecule has 0 saturated heterocycles. The van der Waals surface area contributed by atoms with E-state index in [0.29, 0.717) is 0 Å². The number of rotatable bonds is 5. The van der Waals surface area contributed by atoms with Gasteiger partial charge in [-0.2, -0.15) is 0 Å². The van der Waals surface area contributed by atoms with Gasteiger partial charge in [0.1, 0.15) is 10.0 Å². The predicted octanol–water partition coefficient (Wildman–Crippen LogP) is 1.57. The molecule has 2 rings (SSSR count). The smallest absolute Gasteiger partial charge is 0.242 e. The molecule has 0 aliphatic heterocycles. The Morgan fingerprint density at radius 3 is 2.58 bits per heavy atom. The van der Waals surface area contributed by atoms with Crippen molar-refractivity contribution in [2.24, 2.45) is 5.41 Å². The van der Waals surface area contributed by atoms with Gasteiger partial charge >= 0.3 is 0 Å². The van der Waals surface area contributed by atoms with Crippen molar-refractivity contribution in [3.63, 3.8) is 0 Å². The van der Waals surface area contributed by atoms with Gasteiger partial charge < -0.3 is 5.11 Å². The van der Waals surface area contributed by atoms with Gasteiger partial charge in [-0.15, -0.1) is 0 Å². The Bertz CT molecular complexity index is 524. The molecule has 106 valence electrons. The van der Waals surface area contributed by atoms with Crippen molar-refractivity contribution < 1.29 is 13.5 Å². The Morgan fingerprint density at radius 2 is 2.05 bits per heavy atom. The van der Waals surface area contributed by atoms with Crippen LogP contribution in [-0.2, 0) is 10.0 Å². The van der Waals surface area contributed by atoms with E-state index < -0.39 is 10.0 Å². The summed E-state index contributed by atoms with van der Waals surface area (Å²) in [6.07, 6.45) is 5.00. The molecular formula is C12H17ClN2O3S. The number of aliphatic hydroxyl groups excluding tert-OH is 1. The molecule has 0 spiro atoms. The molecule has 0 amide bonds. The molecule has 19 heavy (non-hydrogen) atoms. The summed E-state index contributed by atoms with van der Waals surface area (Å²) in [7, 11) is -3.59. The molecule has 5 nitrogen and oxygen atoms in total. The average Bonchev–Trinajstić information content (AvgIpc) is 2.87. The van der Waals surface area contributed by atoms with E-state index in [9.17, 15) is 13.5 Å². The fraction of sp³-hybridized carbons (Fsp3) is 0.583. The van der Waals surface area contributed by atoms with Crippen molar-refractivity contribution in [3.05, 3.63) is 23.5 Å². The molecule has 0 aromatic carbocycles. The molecule has 1 fully saturated rings. The van der Waals surface area contributed by atoms with Crippen LogP contribution in [0.5, 0.6) is 0 Å². The predicted molar refractivity (Wildman–Crippen MR) is 72.4 cm³/mol. The fourth-order valence-corrected chi connectivity index (χ4v) is 3.58. The highest BCUT2D eigenvalue weighted by atomic mass is 35.5. The Hall–Kier alpha value is -0.690. The quantitative estimate of drug-likeness (QED) is 0.809. The first kappa shape index (κ1) is 14.7. The zero-order chi connectivity index (χ0) is 13.9. The lowest BCUT2D eigenvalue weighted by atomic mass is 9.88. The fourth-order valence-electron chi connectivity index (χ4n) is 2.37. The monoisotopic (exact) mass is 304 g/mol. The second-order valence-corrected chi connectivity index (χ2v) is 7.16. The summed E-state index contributed by atoms with van der Waals surface area (Å²) in [6, 6.07) is 2.85. The van der Waals surface area contributed by atoms with Crippen molar-refractivity contribution in [1.82, 2.24) is 9.71 Å². The number of nitrogens with one attached hydrogen (secondary N) is 1. The van der Waals surface area contributed by atoms with Crippen LogP contribution in [0.25, 0.3) is 0 Å². The topological polar surface area (TPSA) is 79.3 Å². The van der Waals surface area contributed by atoms with Crippen LogP contribution in [-0.4, -0.2) is 31.7 Å². The number of pyridine rings is 1. The third kappa shape index (κ3) is 3.45. The number of aliphatic hydroxyl groups is 1. The standard InChI is InChI=1S/C12H17ClN2O3S/c13-11-4-3-10(7-14-11)19(17,18)15-8-12(9-16)5-1-2-6-12/h3-4,7,15-16H,1-2,5-6,8-9H2. The van der Waals surface area contributed by atoms with E-state index in [1.807, 2.05) is 0 Å². The van der Waals surface area contributed by atoms with Gasteiger partial charge in [0.05, 0.1) is 0 Å². The zero-order valence-corrected chi connectivity index (χ0v) is 12.0. The van der Waals surface area contributed by atoms with Crippen LogP contribution >= 0.6 is 11.6 Å². The number of hydrogen-bond donors (Lipinski definition) is 2. The molecule has 1 aliphatic rings. The molecule has 7 heteroatoms. The molecule has 2 N–H and O–H groups in total. The van der Waals surface area contributed by atoms with Gasteiger partial charge in [-0.05, 0) is 25.0 Å². The Labute approximate surface area is 118 Å². The summed E-state index contributed by atoms with van der Waals surface area (Å²) in [5.41, 5.74) is -0.313. The van der Waals surface area contributed by atoms with Crippen LogP contribution in [0, 0.1) is 5.41 Å². The highest BCUT2D eigenvalue weighted by Gasteiger charge is 2.34. The summed E-state index contributed by atoms with van der Waals surface area (Å²) >= 11 is 5.63. The normalized spacial score (nSPS) is 18.6. The molecular weight excluding hydrogens is 288 g/mol. The van der Waals surface area contributed by atoms with Gasteiger partial charge in [-0.25, -0.2) is 18.1 Å². The van der Waals surface area contributed by atoms with Crippen molar-refractivity contribution in [2.75, 3.05) is 13.2 Å². The lowest BCUT2D eigenvalue weighted by Gasteiger charge is -2.26. The lowest BCUT2D eigenvalue weighted by molar-refractivity contribution is 0.134. The SMILES string of the molecule is O=S(=O)(NCC1(CO)CCCC1)c1ccc(Cl)nc1. The van der Waals surface area contributed by atoms with Crippen LogP contribution in [0.15, 0.2) is 23.2 Å². The van der Waals surface area contributed by atoms with Gasteiger partial charge in [0.2, 0.25) is 10.0 Å². The maximum atomic E-state index is 12.1. The van der Waals surface area contributed by atoms with Gasteiger partial charge in [-0.3, -0.25) is 0 Å². The van der Waals surface area contributed by atoms with E-state index in [-0.39, 0.29) is 28.6 Å². The lowest BCUT2D eigenvalue weighted by Crippen LogP contribution is -2.38. The first-order valence-corrected chi connectivity index (χ1v) is 8.06. The summed E-state index contributed by atoms with van der Waals surface area (Å²) in [5, 5.41) is 9.71. The Kier molecular flexibility index (Phi) is 4.45. The maximum absolute atomic E-state index is 12.1. The molecule has 1 heterocycles. The molecule has 0 bridgehead atoms. The Morgan fingerprint density at radius 1 is 1.37 bits per heavy atom.